The Bertz CT molecular complexity index is 930. The van der Waals surface area contributed by atoms with E-state index in [1.165, 1.54) is 21.7 Å². The number of carbonyl (C=O) groups excluding carboxylic acids is 1. The van der Waals surface area contributed by atoms with Crippen LogP contribution in [0.5, 0.6) is 0 Å². The Labute approximate surface area is 165 Å². The molecule has 1 amide bonds. The van der Waals surface area contributed by atoms with Crippen molar-refractivity contribution in [3.8, 4) is 11.4 Å². The molecule has 0 bridgehead atoms. The minimum Gasteiger partial charge on any atom is -0.341 e. The van der Waals surface area contributed by atoms with Gasteiger partial charge in [-0.05, 0) is 12.1 Å². The Hall–Kier alpha value is -2.58. The van der Waals surface area contributed by atoms with Crippen LogP contribution in [0, 0.1) is 5.82 Å². The zero-order chi connectivity index (χ0) is 19.4. The first-order valence-electron chi connectivity index (χ1n) is 8.03. The Morgan fingerprint density at radius 1 is 1.22 bits per heavy atom. The largest absolute Gasteiger partial charge is 0.341 e. The van der Waals surface area contributed by atoms with E-state index < -0.39 is 5.82 Å². The predicted molar refractivity (Wildman–Crippen MR) is 104 cm³/mol. The van der Waals surface area contributed by atoms with Gasteiger partial charge in [-0.15, -0.1) is 10.2 Å². The quantitative estimate of drug-likeness (QED) is 0.503. The number of hydrogen-bond acceptors (Lipinski definition) is 5. The van der Waals surface area contributed by atoms with Gasteiger partial charge in [0, 0.05) is 29.7 Å². The van der Waals surface area contributed by atoms with Crippen molar-refractivity contribution >= 4 is 29.3 Å². The van der Waals surface area contributed by atoms with E-state index in [4.69, 9.17) is 17.4 Å². The van der Waals surface area contributed by atoms with Gasteiger partial charge in [-0.25, -0.2) is 9.07 Å². The van der Waals surface area contributed by atoms with Crippen LogP contribution in [0.1, 0.15) is 5.56 Å². The molecule has 0 aliphatic carbocycles. The highest BCUT2D eigenvalue weighted by atomic mass is 35.5. The fourth-order valence-corrected chi connectivity index (χ4v) is 3.42. The van der Waals surface area contributed by atoms with Crippen molar-refractivity contribution in [3.63, 3.8) is 0 Å². The zero-order valence-corrected chi connectivity index (χ0v) is 16.0. The molecule has 9 heteroatoms. The van der Waals surface area contributed by atoms with E-state index in [1.54, 1.807) is 13.1 Å². The summed E-state index contributed by atoms with van der Waals surface area (Å²) in [4.78, 5) is 13.8. The van der Waals surface area contributed by atoms with Crippen molar-refractivity contribution in [2.75, 3.05) is 18.6 Å². The SMILES string of the molecule is CN(Cc1c(F)cccc1Cl)C(=O)CSc1nnc(-c2ccccc2)n1N. The molecule has 2 aromatic carbocycles. The van der Waals surface area contributed by atoms with Crippen LogP contribution in [-0.2, 0) is 11.3 Å². The van der Waals surface area contributed by atoms with E-state index in [0.29, 0.717) is 11.0 Å². The molecule has 1 heterocycles. The van der Waals surface area contributed by atoms with Crippen molar-refractivity contribution in [2.24, 2.45) is 0 Å². The Morgan fingerprint density at radius 2 is 1.96 bits per heavy atom. The number of carbonyl (C=O) groups is 1. The number of benzene rings is 2. The minimum absolute atomic E-state index is 0.0789. The molecule has 3 rings (SSSR count). The molecule has 0 fully saturated rings. The van der Waals surface area contributed by atoms with Crippen molar-refractivity contribution in [2.45, 2.75) is 11.7 Å². The lowest BCUT2D eigenvalue weighted by atomic mass is 10.2. The molecule has 0 aliphatic heterocycles. The predicted octanol–water partition coefficient (Wildman–Crippen LogP) is 3.20. The number of nitrogens with zero attached hydrogens (tertiary/aromatic N) is 4. The highest BCUT2D eigenvalue weighted by Crippen LogP contribution is 2.23. The molecular formula is C18H17ClFN5OS. The average molecular weight is 406 g/mol. The molecule has 0 aliphatic rings. The summed E-state index contributed by atoms with van der Waals surface area (Å²) in [5, 5.41) is 8.81. The van der Waals surface area contributed by atoms with Gasteiger partial charge < -0.3 is 10.7 Å². The highest BCUT2D eigenvalue weighted by molar-refractivity contribution is 7.99. The maximum atomic E-state index is 13.9. The fourth-order valence-electron chi connectivity index (χ4n) is 2.40. The van der Waals surface area contributed by atoms with Gasteiger partial charge in [-0.1, -0.05) is 59.8 Å². The highest BCUT2D eigenvalue weighted by Gasteiger charge is 2.17. The van der Waals surface area contributed by atoms with Gasteiger partial charge in [0.15, 0.2) is 5.82 Å². The summed E-state index contributed by atoms with van der Waals surface area (Å²) in [6, 6.07) is 13.8. The molecular weight excluding hydrogens is 389 g/mol. The van der Waals surface area contributed by atoms with E-state index in [-0.39, 0.29) is 28.8 Å². The van der Waals surface area contributed by atoms with E-state index in [0.717, 1.165) is 17.3 Å². The fraction of sp³-hybridized carbons (Fsp3) is 0.167. The third-order valence-electron chi connectivity index (χ3n) is 3.90. The number of hydrogen-bond donors (Lipinski definition) is 1. The van der Waals surface area contributed by atoms with Gasteiger partial charge in [0.05, 0.1) is 5.75 Å². The lowest BCUT2D eigenvalue weighted by Gasteiger charge is -2.18. The molecule has 140 valence electrons. The molecule has 27 heavy (non-hydrogen) atoms. The van der Waals surface area contributed by atoms with Crippen LogP contribution >= 0.6 is 23.4 Å². The standard InChI is InChI=1S/C18H17ClFN5OS/c1-24(10-13-14(19)8-5-9-15(13)20)16(26)11-27-18-23-22-17(25(18)21)12-6-3-2-4-7-12/h2-9H,10-11,21H2,1H3. The first kappa shape index (κ1) is 19.2. The van der Waals surface area contributed by atoms with Gasteiger partial charge in [-0.3, -0.25) is 4.79 Å². The number of aromatic nitrogens is 3. The molecule has 0 unspecified atom stereocenters. The second-order valence-corrected chi connectivity index (χ2v) is 7.13. The van der Waals surface area contributed by atoms with Crippen LogP contribution in [0.3, 0.4) is 0 Å². The van der Waals surface area contributed by atoms with Gasteiger partial charge in [0.2, 0.25) is 11.1 Å². The maximum absolute atomic E-state index is 13.9. The molecule has 0 atom stereocenters. The van der Waals surface area contributed by atoms with Crippen LogP contribution in [0.25, 0.3) is 11.4 Å². The summed E-state index contributed by atoms with van der Waals surface area (Å²) in [6.07, 6.45) is 0. The lowest BCUT2D eigenvalue weighted by molar-refractivity contribution is -0.127. The number of halogens is 2. The van der Waals surface area contributed by atoms with Gasteiger partial charge in [0.1, 0.15) is 5.82 Å². The van der Waals surface area contributed by atoms with Crippen LogP contribution in [-0.4, -0.2) is 38.5 Å². The summed E-state index contributed by atoms with van der Waals surface area (Å²) in [7, 11) is 1.59. The van der Waals surface area contributed by atoms with E-state index >= 15 is 0 Å². The number of nitrogen functional groups attached to an aromatic ring is 1. The normalized spacial score (nSPS) is 10.8. The first-order valence-corrected chi connectivity index (χ1v) is 9.39. The molecule has 0 saturated heterocycles. The van der Waals surface area contributed by atoms with E-state index in [1.807, 2.05) is 30.3 Å². The topological polar surface area (TPSA) is 77.0 Å². The summed E-state index contributed by atoms with van der Waals surface area (Å²) in [5.41, 5.74) is 1.12. The summed E-state index contributed by atoms with van der Waals surface area (Å²) < 4.78 is 15.2. The first-order chi connectivity index (χ1) is 13.0. The summed E-state index contributed by atoms with van der Waals surface area (Å²) in [6.45, 7) is 0.0789. The maximum Gasteiger partial charge on any atom is 0.233 e. The van der Waals surface area contributed by atoms with Gasteiger partial charge >= 0.3 is 0 Å². The number of amides is 1. The third kappa shape index (κ3) is 4.40. The zero-order valence-electron chi connectivity index (χ0n) is 14.5. The van der Waals surface area contributed by atoms with Crippen LogP contribution < -0.4 is 5.84 Å². The minimum atomic E-state index is -0.441. The Kier molecular flexibility index (Phi) is 5.98. The van der Waals surface area contributed by atoms with Gasteiger partial charge in [-0.2, -0.15) is 0 Å². The molecule has 0 radical (unpaired) electrons. The number of nitrogens with two attached hydrogens (primary N) is 1. The van der Waals surface area contributed by atoms with Crippen molar-refractivity contribution in [3.05, 3.63) is 64.9 Å². The van der Waals surface area contributed by atoms with Crippen molar-refractivity contribution in [1.82, 2.24) is 19.8 Å². The van der Waals surface area contributed by atoms with Crippen LogP contribution in [0.2, 0.25) is 5.02 Å². The smallest absolute Gasteiger partial charge is 0.233 e. The van der Waals surface area contributed by atoms with Crippen LogP contribution in [0.15, 0.2) is 53.7 Å². The van der Waals surface area contributed by atoms with Gasteiger partial charge in [0.25, 0.3) is 0 Å². The number of rotatable bonds is 6. The molecule has 3 aromatic rings. The van der Waals surface area contributed by atoms with Crippen molar-refractivity contribution in [1.29, 1.82) is 0 Å². The summed E-state index contributed by atoms with van der Waals surface area (Å²) >= 11 is 7.18. The van der Waals surface area contributed by atoms with Crippen molar-refractivity contribution < 1.29 is 9.18 Å². The van der Waals surface area contributed by atoms with E-state index in [2.05, 4.69) is 10.2 Å². The molecule has 6 nitrogen and oxygen atoms in total. The lowest BCUT2D eigenvalue weighted by Crippen LogP contribution is -2.28. The molecule has 0 saturated carbocycles. The Morgan fingerprint density at radius 3 is 2.67 bits per heavy atom. The van der Waals surface area contributed by atoms with E-state index in [9.17, 15) is 9.18 Å². The molecule has 0 spiro atoms. The summed E-state index contributed by atoms with van der Waals surface area (Å²) in [5.74, 6) is 6.00. The number of thioether (sulfide) groups is 1. The average Bonchev–Trinajstić information content (AvgIpc) is 3.04. The molecule has 1 aromatic heterocycles. The second kappa shape index (κ2) is 8.41. The monoisotopic (exact) mass is 405 g/mol. The Balaban J connectivity index is 1.63. The second-order valence-electron chi connectivity index (χ2n) is 5.78. The molecule has 2 N–H and O–H groups in total. The van der Waals surface area contributed by atoms with Crippen LogP contribution in [0.4, 0.5) is 4.39 Å². The third-order valence-corrected chi connectivity index (χ3v) is 5.19.